The Morgan fingerprint density at radius 1 is 1.17 bits per heavy atom. The summed E-state index contributed by atoms with van der Waals surface area (Å²) >= 11 is 5.94. The van der Waals surface area contributed by atoms with Crippen molar-refractivity contribution in [2.24, 2.45) is 0 Å². The Balaban J connectivity index is 2.08. The Labute approximate surface area is 204 Å². The van der Waals surface area contributed by atoms with E-state index < -0.39 is 65.4 Å². The second-order valence-electron chi connectivity index (χ2n) is 7.92. The van der Waals surface area contributed by atoms with E-state index in [2.05, 4.69) is 4.98 Å². The molecule has 2 aromatic heterocycles. The molecule has 1 N–H and O–H groups in total. The second-order valence-corrected chi connectivity index (χ2v) is 8.36. The number of halogens is 5. The Morgan fingerprint density at radius 3 is 2.44 bits per heavy atom. The van der Waals surface area contributed by atoms with Crippen LogP contribution in [0.3, 0.4) is 0 Å². The number of β-amino-alcohol motifs (C(OH)–C–C–N with tert-alkyl or cyclic N) is 1. The molecule has 3 aromatic rings. The van der Waals surface area contributed by atoms with Crippen LogP contribution in [0.4, 0.5) is 23.4 Å². The van der Waals surface area contributed by atoms with Crippen molar-refractivity contribution in [3.63, 3.8) is 0 Å². The number of hydrogen-bond acceptors (Lipinski definition) is 7. The average molecular weight is 521 g/mol. The first-order valence-corrected chi connectivity index (χ1v) is 10.4. The summed E-state index contributed by atoms with van der Waals surface area (Å²) in [6, 6.07) is 7.53. The summed E-state index contributed by atoms with van der Waals surface area (Å²) < 4.78 is 55.3. The van der Waals surface area contributed by atoms with Gasteiger partial charge in [-0.3, -0.25) is 14.3 Å². The van der Waals surface area contributed by atoms with Gasteiger partial charge in [-0.1, -0.05) is 17.7 Å². The van der Waals surface area contributed by atoms with Crippen molar-refractivity contribution in [2.45, 2.75) is 18.3 Å². The molecule has 1 aromatic carbocycles. The van der Waals surface area contributed by atoms with Crippen molar-refractivity contribution < 1.29 is 22.7 Å². The van der Waals surface area contributed by atoms with Crippen LogP contribution < -0.4 is 16.1 Å². The first-order chi connectivity index (χ1) is 16.9. The highest BCUT2D eigenvalue weighted by Gasteiger charge is 2.61. The molecule has 36 heavy (non-hydrogen) atoms. The monoisotopic (exact) mass is 520 g/mol. The standard InChI is InChI=1S/C22H13ClF4N6O3/c23-14-6-15(9-30-8-14)33-19(34)17(12-1-2-16(24)13(5-12)7-29)18(32(4-3-28)20(33)35)31-10-21(36,11-31)22(25,26)27/h1-2,5-6,8-9,36H,4,10-11H2. The summed E-state index contributed by atoms with van der Waals surface area (Å²) in [4.78, 5) is 31.8. The zero-order valence-corrected chi connectivity index (χ0v) is 18.7. The number of aliphatic hydroxyl groups is 1. The third-order valence-electron chi connectivity index (χ3n) is 5.60. The van der Waals surface area contributed by atoms with E-state index in [4.69, 9.17) is 11.6 Å². The molecule has 1 fully saturated rings. The number of pyridine rings is 1. The Hall–Kier alpha value is -4.20. The van der Waals surface area contributed by atoms with Crippen molar-refractivity contribution in [3.8, 4) is 29.0 Å². The Kier molecular flexibility index (Phi) is 6.08. The number of benzene rings is 1. The van der Waals surface area contributed by atoms with E-state index >= 15 is 0 Å². The number of aromatic nitrogens is 3. The summed E-state index contributed by atoms with van der Waals surface area (Å²) in [6.45, 7) is -2.77. The van der Waals surface area contributed by atoms with Crippen LogP contribution in [0.25, 0.3) is 16.8 Å². The predicted molar refractivity (Wildman–Crippen MR) is 118 cm³/mol. The van der Waals surface area contributed by atoms with Crippen molar-refractivity contribution in [2.75, 3.05) is 18.0 Å². The SMILES string of the molecule is N#CCn1c(N2CC(O)(C(F)(F)F)C2)c(-c2ccc(F)c(C#N)c2)c(=O)n(-c2cncc(Cl)c2)c1=O. The molecule has 184 valence electrons. The van der Waals surface area contributed by atoms with Gasteiger partial charge in [0.1, 0.15) is 24.2 Å². The van der Waals surface area contributed by atoms with E-state index in [9.17, 15) is 42.8 Å². The molecule has 1 aliphatic heterocycles. The highest BCUT2D eigenvalue weighted by molar-refractivity contribution is 6.30. The molecule has 14 heteroatoms. The largest absolute Gasteiger partial charge is 0.420 e. The van der Waals surface area contributed by atoms with Gasteiger partial charge in [-0.25, -0.2) is 13.8 Å². The van der Waals surface area contributed by atoms with Crippen LogP contribution in [-0.4, -0.2) is 44.1 Å². The topological polar surface area (TPSA) is 128 Å². The molecule has 1 aliphatic rings. The van der Waals surface area contributed by atoms with Gasteiger partial charge in [0.15, 0.2) is 5.60 Å². The first kappa shape index (κ1) is 24.9. The predicted octanol–water partition coefficient (Wildman–Crippen LogP) is 2.36. The fourth-order valence-electron chi connectivity index (χ4n) is 3.87. The van der Waals surface area contributed by atoms with Crippen LogP contribution in [0, 0.1) is 28.5 Å². The average Bonchev–Trinajstić information content (AvgIpc) is 2.79. The minimum Gasteiger partial charge on any atom is -0.378 e. The van der Waals surface area contributed by atoms with Gasteiger partial charge < -0.3 is 10.0 Å². The maximum absolute atomic E-state index is 14.0. The van der Waals surface area contributed by atoms with Crippen molar-refractivity contribution >= 4 is 17.4 Å². The number of anilines is 1. The molecular formula is C22H13ClF4N6O3. The first-order valence-electron chi connectivity index (χ1n) is 10.0. The molecule has 0 spiro atoms. The van der Waals surface area contributed by atoms with Crippen LogP contribution in [0.1, 0.15) is 5.56 Å². The second kappa shape index (κ2) is 8.78. The van der Waals surface area contributed by atoms with E-state index in [1.54, 1.807) is 12.1 Å². The van der Waals surface area contributed by atoms with Crippen molar-refractivity contribution in [3.05, 3.63) is 73.9 Å². The summed E-state index contributed by atoms with van der Waals surface area (Å²) in [5.41, 5.74) is -6.33. The highest BCUT2D eigenvalue weighted by Crippen LogP contribution is 2.41. The van der Waals surface area contributed by atoms with Gasteiger partial charge in [0.25, 0.3) is 5.56 Å². The molecule has 9 nitrogen and oxygen atoms in total. The van der Waals surface area contributed by atoms with E-state index in [0.29, 0.717) is 4.57 Å². The number of nitriles is 2. The molecule has 0 radical (unpaired) electrons. The maximum Gasteiger partial charge on any atom is 0.420 e. The summed E-state index contributed by atoms with van der Waals surface area (Å²) in [7, 11) is 0. The van der Waals surface area contributed by atoms with Gasteiger partial charge >= 0.3 is 11.9 Å². The van der Waals surface area contributed by atoms with E-state index in [1.807, 2.05) is 0 Å². The molecule has 0 saturated carbocycles. The van der Waals surface area contributed by atoms with Crippen LogP contribution in [-0.2, 0) is 6.54 Å². The summed E-state index contributed by atoms with van der Waals surface area (Å²) in [5, 5.41) is 28.6. The molecule has 0 bridgehead atoms. The van der Waals surface area contributed by atoms with Gasteiger partial charge in [0, 0.05) is 6.20 Å². The molecule has 0 aliphatic carbocycles. The number of hydrogen-bond donors (Lipinski definition) is 1. The van der Waals surface area contributed by atoms with Crippen LogP contribution in [0.15, 0.2) is 46.2 Å². The van der Waals surface area contributed by atoms with Gasteiger partial charge in [-0.2, -0.15) is 23.7 Å². The van der Waals surface area contributed by atoms with Crippen LogP contribution >= 0.6 is 11.6 Å². The lowest BCUT2D eigenvalue weighted by atomic mass is 9.92. The number of nitrogens with zero attached hydrogens (tertiary/aromatic N) is 6. The van der Waals surface area contributed by atoms with Gasteiger partial charge in [0.05, 0.1) is 47.2 Å². The zero-order chi connectivity index (χ0) is 26.4. The van der Waals surface area contributed by atoms with E-state index in [-0.39, 0.29) is 16.3 Å². The third-order valence-corrected chi connectivity index (χ3v) is 5.81. The normalized spacial score (nSPS) is 14.6. The molecule has 0 atom stereocenters. The minimum absolute atomic E-state index is 0.0581. The molecular weight excluding hydrogens is 508 g/mol. The summed E-state index contributed by atoms with van der Waals surface area (Å²) in [5.74, 6) is -1.31. The lowest BCUT2D eigenvalue weighted by molar-refractivity contribution is -0.267. The molecule has 4 rings (SSSR count). The number of rotatable bonds is 4. The van der Waals surface area contributed by atoms with Crippen molar-refractivity contribution in [1.29, 1.82) is 10.5 Å². The van der Waals surface area contributed by atoms with E-state index in [0.717, 1.165) is 33.9 Å². The van der Waals surface area contributed by atoms with Gasteiger partial charge in [-0.15, -0.1) is 0 Å². The zero-order valence-electron chi connectivity index (χ0n) is 17.9. The Morgan fingerprint density at radius 2 is 1.86 bits per heavy atom. The lowest BCUT2D eigenvalue weighted by Crippen LogP contribution is -2.70. The smallest absolute Gasteiger partial charge is 0.378 e. The van der Waals surface area contributed by atoms with Crippen LogP contribution in [0.2, 0.25) is 5.02 Å². The molecule has 0 amide bonds. The molecule has 0 unspecified atom stereocenters. The highest BCUT2D eigenvalue weighted by atomic mass is 35.5. The fourth-order valence-corrected chi connectivity index (χ4v) is 4.03. The van der Waals surface area contributed by atoms with Gasteiger partial charge in [0.2, 0.25) is 0 Å². The maximum atomic E-state index is 14.0. The van der Waals surface area contributed by atoms with Gasteiger partial charge in [-0.05, 0) is 23.8 Å². The summed E-state index contributed by atoms with van der Waals surface area (Å²) in [6.07, 6.45) is -2.64. The quantitative estimate of drug-likeness (QED) is 0.523. The van der Waals surface area contributed by atoms with E-state index in [1.165, 1.54) is 12.3 Å². The molecule has 1 saturated heterocycles. The molecule has 3 heterocycles. The lowest BCUT2D eigenvalue weighted by Gasteiger charge is -2.48. The number of alkyl halides is 3. The minimum atomic E-state index is -5.00. The van der Waals surface area contributed by atoms with Crippen molar-refractivity contribution in [1.82, 2.24) is 14.1 Å². The Bertz CT molecular complexity index is 1580. The van der Waals surface area contributed by atoms with Crippen LogP contribution in [0.5, 0.6) is 0 Å². The third kappa shape index (κ3) is 3.98. The fraction of sp³-hybridized carbons (Fsp3) is 0.227.